The summed E-state index contributed by atoms with van der Waals surface area (Å²) < 4.78 is 42.2. The predicted octanol–water partition coefficient (Wildman–Crippen LogP) is 8.70. The minimum Gasteiger partial charge on any atom is -0.457 e. The average molecular weight is 541 g/mol. The van der Waals surface area contributed by atoms with Gasteiger partial charge in [-0.1, -0.05) is 60.7 Å². The van der Waals surface area contributed by atoms with Gasteiger partial charge in [0.1, 0.15) is 23.1 Å². The van der Waals surface area contributed by atoms with Crippen molar-refractivity contribution in [1.82, 2.24) is 9.97 Å². The lowest BCUT2D eigenvalue weighted by molar-refractivity contribution is 0.427. The summed E-state index contributed by atoms with van der Waals surface area (Å²) in [5, 5.41) is 0. The molecule has 0 bridgehead atoms. The Morgan fingerprint density at radius 2 is 1.29 bits per heavy atom. The first-order chi connectivity index (χ1) is 20.1. The molecule has 0 unspecified atom stereocenters. The largest absolute Gasteiger partial charge is 0.457 e. The van der Waals surface area contributed by atoms with E-state index in [1.165, 1.54) is 6.07 Å². The van der Waals surface area contributed by atoms with Crippen LogP contribution >= 0.6 is 0 Å². The third kappa shape index (κ3) is 4.12. The Kier molecular flexibility index (Phi) is 6.01. The van der Waals surface area contributed by atoms with Crippen LogP contribution in [0.2, 0.25) is 0 Å². The second-order valence-corrected chi connectivity index (χ2v) is 9.67. The lowest BCUT2D eigenvalue weighted by Gasteiger charge is -2.40. The molecule has 0 saturated carbocycles. The number of rotatable bonds is 5. The van der Waals surface area contributed by atoms with E-state index in [2.05, 4.69) is 4.98 Å². The van der Waals surface area contributed by atoms with Crippen molar-refractivity contribution in [2.75, 3.05) is 0 Å². The fourth-order valence-electron chi connectivity index (χ4n) is 5.56. The maximum Gasteiger partial charge on any atom is 0.168 e. The van der Waals surface area contributed by atoms with Crippen molar-refractivity contribution in [3.8, 4) is 34.3 Å². The van der Waals surface area contributed by atoms with Crippen LogP contribution in [0.25, 0.3) is 11.3 Å². The molecule has 41 heavy (non-hydrogen) atoms. The number of halogens is 2. The van der Waals surface area contributed by atoms with Crippen molar-refractivity contribution in [1.29, 1.82) is 0 Å². The van der Waals surface area contributed by atoms with Gasteiger partial charge in [-0.05, 0) is 60.2 Å². The van der Waals surface area contributed by atoms with Crippen LogP contribution in [-0.4, -0.2) is 9.97 Å². The highest BCUT2D eigenvalue weighted by molar-refractivity contribution is 5.69. The normalized spacial score (nSPS) is 13.0. The highest BCUT2D eigenvalue weighted by Crippen LogP contribution is 2.55. The third-order valence-electron chi connectivity index (χ3n) is 7.31. The molecule has 0 spiro atoms. The fourth-order valence-corrected chi connectivity index (χ4v) is 5.56. The van der Waals surface area contributed by atoms with E-state index in [4.69, 9.17) is 14.5 Å². The summed E-state index contributed by atoms with van der Waals surface area (Å²) in [5.74, 6) is 0.182. The van der Waals surface area contributed by atoms with Gasteiger partial charge in [-0.3, -0.25) is 9.97 Å². The minimum absolute atomic E-state index is 0.108. The molecule has 0 fully saturated rings. The highest BCUT2D eigenvalue weighted by atomic mass is 19.1. The van der Waals surface area contributed by atoms with Gasteiger partial charge in [-0.15, -0.1) is 0 Å². The monoisotopic (exact) mass is 540 g/mol. The van der Waals surface area contributed by atoms with E-state index < -0.39 is 17.0 Å². The predicted molar refractivity (Wildman–Crippen MR) is 152 cm³/mol. The molecule has 4 nitrogen and oxygen atoms in total. The molecule has 0 atom stereocenters. The number of para-hydroxylation sites is 2. The van der Waals surface area contributed by atoms with Gasteiger partial charge in [0.05, 0.1) is 16.8 Å². The molecule has 1 aliphatic rings. The van der Waals surface area contributed by atoms with Crippen molar-refractivity contribution >= 4 is 0 Å². The molecule has 0 aliphatic carbocycles. The van der Waals surface area contributed by atoms with Crippen molar-refractivity contribution in [2.45, 2.75) is 5.41 Å². The summed E-state index contributed by atoms with van der Waals surface area (Å²) in [4.78, 5) is 9.04. The Morgan fingerprint density at radius 1 is 0.610 bits per heavy atom. The molecule has 3 heterocycles. The SMILES string of the molecule is Fc1cc(F)c(-c2ccccn2)cc1Oc1cccc(C2(c3ccccn3)c3ccccc3Oc3ccccc32)c1. The average Bonchev–Trinajstić information content (AvgIpc) is 3.02. The van der Waals surface area contributed by atoms with E-state index in [1.54, 1.807) is 36.7 Å². The lowest BCUT2D eigenvalue weighted by atomic mass is 9.65. The highest BCUT2D eigenvalue weighted by Gasteiger charge is 2.46. The van der Waals surface area contributed by atoms with Crippen LogP contribution < -0.4 is 9.47 Å². The van der Waals surface area contributed by atoms with Gasteiger partial charge >= 0.3 is 0 Å². The zero-order chi connectivity index (χ0) is 27.8. The maximum atomic E-state index is 15.0. The minimum atomic E-state index is -0.855. The summed E-state index contributed by atoms with van der Waals surface area (Å²) in [6.45, 7) is 0. The Hall–Kier alpha value is -5.36. The number of nitrogens with zero attached hydrogens (tertiary/aromatic N) is 2. The van der Waals surface area contributed by atoms with E-state index in [1.807, 2.05) is 84.9 Å². The number of hydrogen-bond acceptors (Lipinski definition) is 4. The standard InChI is InChI=1S/C35H22F2N2O2/c36-28-22-29(37)33(21-25(28)30-14-5-7-18-38-30)40-24-11-9-10-23(20-24)35(34-17-6-8-19-39-34)26-12-1-3-15-31(26)41-32-16-4-2-13-27(32)35/h1-22H. The van der Waals surface area contributed by atoms with Crippen LogP contribution in [0.4, 0.5) is 8.78 Å². The van der Waals surface area contributed by atoms with Crippen LogP contribution in [0.3, 0.4) is 0 Å². The van der Waals surface area contributed by atoms with Gasteiger partial charge in [-0.2, -0.15) is 0 Å². The van der Waals surface area contributed by atoms with Gasteiger partial charge in [0.25, 0.3) is 0 Å². The van der Waals surface area contributed by atoms with Gasteiger partial charge in [0, 0.05) is 35.2 Å². The van der Waals surface area contributed by atoms with Crippen LogP contribution in [0.1, 0.15) is 22.4 Å². The Labute approximate surface area is 235 Å². The zero-order valence-corrected chi connectivity index (χ0v) is 21.7. The number of pyridine rings is 2. The number of fused-ring (bicyclic) bond motifs is 2. The maximum absolute atomic E-state index is 15.0. The van der Waals surface area contributed by atoms with Gasteiger partial charge in [0.2, 0.25) is 0 Å². The molecule has 0 saturated heterocycles. The van der Waals surface area contributed by atoms with E-state index in [0.29, 0.717) is 22.9 Å². The summed E-state index contributed by atoms with van der Waals surface area (Å²) >= 11 is 0. The van der Waals surface area contributed by atoms with Crippen LogP contribution in [0.5, 0.6) is 23.0 Å². The van der Waals surface area contributed by atoms with Gasteiger partial charge in [0.15, 0.2) is 11.6 Å². The van der Waals surface area contributed by atoms with Crippen molar-refractivity contribution in [2.24, 2.45) is 0 Å². The van der Waals surface area contributed by atoms with E-state index in [0.717, 1.165) is 28.5 Å². The molecule has 0 amide bonds. The topological polar surface area (TPSA) is 44.2 Å². The molecular weight excluding hydrogens is 518 g/mol. The molecule has 0 radical (unpaired) electrons. The quantitative estimate of drug-likeness (QED) is 0.219. The second-order valence-electron chi connectivity index (χ2n) is 9.67. The summed E-state index contributed by atoms with van der Waals surface area (Å²) in [7, 11) is 0. The molecule has 7 rings (SSSR count). The number of benzene rings is 4. The molecule has 6 heteroatoms. The molecule has 1 aliphatic heterocycles. The van der Waals surface area contributed by atoms with Crippen LogP contribution in [0, 0.1) is 11.6 Å². The summed E-state index contributed by atoms with van der Waals surface area (Å²) in [5.41, 5.74) is 3.16. The van der Waals surface area contributed by atoms with Gasteiger partial charge in [-0.25, -0.2) is 8.78 Å². The Bertz CT molecular complexity index is 1830. The first kappa shape index (κ1) is 24.7. The van der Waals surface area contributed by atoms with Crippen molar-refractivity contribution < 1.29 is 18.3 Å². The van der Waals surface area contributed by atoms with Crippen LogP contribution in [-0.2, 0) is 5.41 Å². The molecule has 198 valence electrons. The van der Waals surface area contributed by atoms with E-state index in [-0.39, 0.29) is 11.3 Å². The molecule has 0 N–H and O–H groups in total. The third-order valence-corrected chi connectivity index (χ3v) is 7.31. The number of hydrogen-bond donors (Lipinski definition) is 0. The first-order valence-corrected chi connectivity index (χ1v) is 13.1. The lowest BCUT2D eigenvalue weighted by Crippen LogP contribution is -2.35. The van der Waals surface area contributed by atoms with E-state index in [9.17, 15) is 4.39 Å². The molecule has 6 aromatic rings. The Morgan fingerprint density at radius 3 is 1.98 bits per heavy atom. The number of ether oxygens (including phenoxy) is 2. The zero-order valence-electron chi connectivity index (χ0n) is 21.7. The molecular formula is C35H22F2N2O2. The fraction of sp³-hybridized carbons (Fsp3) is 0.0286. The summed E-state index contributed by atoms with van der Waals surface area (Å²) in [6.07, 6.45) is 3.33. The second kappa shape index (κ2) is 9.99. The van der Waals surface area contributed by atoms with Crippen molar-refractivity contribution in [3.63, 3.8) is 0 Å². The van der Waals surface area contributed by atoms with Gasteiger partial charge < -0.3 is 9.47 Å². The van der Waals surface area contributed by atoms with Crippen molar-refractivity contribution in [3.05, 3.63) is 168 Å². The summed E-state index contributed by atoms with van der Waals surface area (Å²) in [6, 6.07) is 36.4. The Balaban J connectivity index is 1.41. The number of aromatic nitrogens is 2. The smallest absolute Gasteiger partial charge is 0.168 e. The first-order valence-electron chi connectivity index (χ1n) is 13.1. The molecule has 4 aromatic carbocycles. The molecule has 2 aromatic heterocycles. The van der Waals surface area contributed by atoms with E-state index >= 15 is 4.39 Å². The van der Waals surface area contributed by atoms with Crippen LogP contribution in [0.15, 0.2) is 134 Å².